The lowest BCUT2D eigenvalue weighted by Crippen LogP contribution is -2.54. The van der Waals surface area contributed by atoms with Crippen molar-refractivity contribution in [2.45, 2.75) is 57.2 Å². The lowest BCUT2D eigenvalue weighted by molar-refractivity contribution is -0.136. The van der Waals surface area contributed by atoms with Gasteiger partial charge in [0.25, 0.3) is 11.8 Å². The third-order valence-corrected chi connectivity index (χ3v) is 6.19. The molecule has 8 nitrogen and oxygen atoms in total. The maximum Gasteiger partial charge on any atom is 0.262 e. The van der Waals surface area contributed by atoms with E-state index >= 15 is 0 Å². The highest BCUT2D eigenvalue weighted by molar-refractivity contribution is 6.24. The van der Waals surface area contributed by atoms with Gasteiger partial charge in [0, 0.05) is 19.0 Å². The molecule has 1 saturated heterocycles. The zero-order valence-corrected chi connectivity index (χ0v) is 16.3. The Morgan fingerprint density at radius 2 is 1.79 bits per heavy atom. The zero-order chi connectivity index (χ0) is 20.5. The zero-order valence-electron chi connectivity index (χ0n) is 16.3. The molecular weight excluding hydrogens is 372 g/mol. The van der Waals surface area contributed by atoms with Crippen molar-refractivity contribution in [3.05, 3.63) is 34.9 Å². The highest BCUT2D eigenvalue weighted by atomic mass is 16.2. The molecule has 1 aromatic rings. The normalized spacial score (nSPS) is 27.2. The van der Waals surface area contributed by atoms with Gasteiger partial charge in [-0.25, -0.2) is 0 Å². The summed E-state index contributed by atoms with van der Waals surface area (Å²) in [5.74, 6) is -1.32. The van der Waals surface area contributed by atoms with E-state index in [0.717, 1.165) is 42.7 Å². The maximum atomic E-state index is 13.1. The Morgan fingerprint density at radius 1 is 1.03 bits per heavy atom. The number of carbonyl (C=O) groups is 4. The molecule has 1 aromatic carbocycles. The smallest absolute Gasteiger partial charge is 0.262 e. The number of nitrogens with two attached hydrogens (primary N) is 1. The second-order valence-corrected chi connectivity index (χ2v) is 8.20. The van der Waals surface area contributed by atoms with Gasteiger partial charge < -0.3 is 11.1 Å². The highest BCUT2D eigenvalue weighted by Crippen LogP contribution is 2.30. The quantitative estimate of drug-likeness (QED) is 0.628. The van der Waals surface area contributed by atoms with E-state index in [1.807, 2.05) is 6.07 Å². The van der Waals surface area contributed by atoms with Crippen molar-refractivity contribution in [1.29, 1.82) is 0 Å². The molecule has 1 unspecified atom stereocenters. The van der Waals surface area contributed by atoms with Crippen molar-refractivity contribution < 1.29 is 19.2 Å². The fraction of sp³-hybridized carbons (Fsp3) is 0.524. The summed E-state index contributed by atoms with van der Waals surface area (Å²) in [5, 5.41) is 5.63. The number of carbonyl (C=O) groups excluding carboxylic acids is 4. The number of fused-ring (bicyclic) bond motifs is 1. The Labute approximate surface area is 169 Å². The molecule has 0 radical (unpaired) electrons. The van der Waals surface area contributed by atoms with Gasteiger partial charge in [-0.05, 0) is 56.2 Å². The van der Waals surface area contributed by atoms with Gasteiger partial charge in [0.05, 0.1) is 11.1 Å². The summed E-state index contributed by atoms with van der Waals surface area (Å²) in [6.07, 6.45) is 4.56. The minimum Gasteiger partial charge on any atom is -0.328 e. The number of nitrogens with zero attached hydrogens (tertiary/aromatic N) is 1. The van der Waals surface area contributed by atoms with E-state index in [9.17, 15) is 19.2 Å². The predicted molar refractivity (Wildman–Crippen MR) is 105 cm³/mol. The molecule has 4 N–H and O–H groups in total. The fourth-order valence-electron chi connectivity index (χ4n) is 4.54. The van der Waals surface area contributed by atoms with Crippen LogP contribution in [0.1, 0.15) is 64.8 Å². The van der Waals surface area contributed by atoms with Crippen LogP contribution in [0.4, 0.5) is 0 Å². The number of rotatable bonds is 5. The average molecular weight is 398 g/mol. The molecule has 29 heavy (non-hydrogen) atoms. The Hall–Kier alpha value is -2.58. The summed E-state index contributed by atoms with van der Waals surface area (Å²) in [4.78, 5) is 50.5. The SMILES string of the molecule is NC1CCC(CNCc2cccc3c2C(=O)N(C2CCC(=O)NC2=O)C3=O)CC1. The molecule has 1 aliphatic carbocycles. The van der Waals surface area contributed by atoms with Gasteiger partial charge in [-0.15, -0.1) is 0 Å². The molecule has 3 aliphatic rings. The molecule has 8 heteroatoms. The van der Waals surface area contributed by atoms with Crippen LogP contribution in [0.25, 0.3) is 0 Å². The van der Waals surface area contributed by atoms with Crippen molar-refractivity contribution in [1.82, 2.24) is 15.5 Å². The van der Waals surface area contributed by atoms with Gasteiger partial charge in [0.1, 0.15) is 6.04 Å². The first kappa shape index (κ1) is 19.7. The van der Waals surface area contributed by atoms with Crippen LogP contribution in [0, 0.1) is 5.92 Å². The Morgan fingerprint density at radius 3 is 2.52 bits per heavy atom. The van der Waals surface area contributed by atoms with Crippen LogP contribution in [0.5, 0.6) is 0 Å². The molecule has 0 aromatic heterocycles. The Bertz CT molecular complexity index is 860. The molecule has 4 rings (SSSR count). The van der Waals surface area contributed by atoms with Crippen LogP contribution in [0.3, 0.4) is 0 Å². The molecule has 2 aliphatic heterocycles. The summed E-state index contributed by atoms with van der Waals surface area (Å²) in [6, 6.07) is 4.59. The first-order chi connectivity index (χ1) is 14.0. The summed E-state index contributed by atoms with van der Waals surface area (Å²) < 4.78 is 0. The van der Waals surface area contributed by atoms with Crippen molar-refractivity contribution in [3.8, 4) is 0 Å². The number of nitrogens with one attached hydrogen (secondary N) is 2. The van der Waals surface area contributed by atoms with E-state index < -0.39 is 23.8 Å². The van der Waals surface area contributed by atoms with Crippen LogP contribution >= 0.6 is 0 Å². The van der Waals surface area contributed by atoms with Crippen molar-refractivity contribution in [2.75, 3.05) is 6.54 Å². The second kappa shape index (κ2) is 8.04. The van der Waals surface area contributed by atoms with Gasteiger partial charge >= 0.3 is 0 Å². The number of amides is 4. The third-order valence-electron chi connectivity index (χ3n) is 6.19. The maximum absolute atomic E-state index is 13.1. The second-order valence-electron chi connectivity index (χ2n) is 8.20. The number of hydrogen-bond donors (Lipinski definition) is 3. The number of imide groups is 2. The molecule has 0 bridgehead atoms. The summed E-state index contributed by atoms with van der Waals surface area (Å²) >= 11 is 0. The van der Waals surface area contributed by atoms with Crippen molar-refractivity contribution in [3.63, 3.8) is 0 Å². The van der Waals surface area contributed by atoms with Crippen LogP contribution in [0.2, 0.25) is 0 Å². The highest BCUT2D eigenvalue weighted by Gasteiger charge is 2.45. The van der Waals surface area contributed by atoms with Gasteiger partial charge in [0.2, 0.25) is 11.8 Å². The third kappa shape index (κ3) is 3.82. The Balaban J connectivity index is 1.46. The lowest BCUT2D eigenvalue weighted by atomic mass is 9.86. The number of hydrogen-bond acceptors (Lipinski definition) is 6. The summed E-state index contributed by atoms with van der Waals surface area (Å²) in [7, 11) is 0. The van der Waals surface area contributed by atoms with Crippen LogP contribution in [-0.2, 0) is 16.1 Å². The first-order valence-corrected chi connectivity index (χ1v) is 10.3. The van der Waals surface area contributed by atoms with Gasteiger partial charge in [-0.1, -0.05) is 12.1 Å². The predicted octanol–water partition coefficient (Wildman–Crippen LogP) is 0.695. The van der Waals surface area contributed by atoms with Gasteiger partial charge in [0.15, 0.2) is 0 Å². The van der Waals surface area contributed by atoms with E-state index in [0.29, 0.717) is 29.6 Å². The molecule has 154 valence electrons. The Kier molecular flexibility index (Phi) is 5.47. The molecule has 1 saturated carbocycles. The number of benzene rings is 1. The van der Waals surface area contributed by atoms with E-state index in [4.69, 9.17) is 5.73 Å². The minimum absolute atomic E-state index is 0.114. The number of piperidine rings is 1. The monoisotopic (exact) mass is 398 g/mol. The minimum atomic E-state index is -0.938. The largest absolute Gasteiger partial charge is 0.328 e. The summed E-state index contributed by atoms with van der Waals surface area (Å²) in [5.41, 5.74) is 7.39. The van der Waals surface area contributed by atoms with Crippen LogP contribution in [0.15, 0.2) is 18.2 Å². The van der Waals surface area contributed by atoms with E-state index in [1.165, 1.54) is 0 Å². The summed E-state index contributed by atoms with van der Waals surface area (Å²) in [6.45, 7) is 1.32. The lowest BCUT2D eigenvalue weighted by Gasteiger charge is -2.28. The van der Waals surface area contributed by atoms with E-state index in [-0.39, 0.29) is 18.7 Å². The van der Waals surface area contributed by atoms with Crippen LogP contribution in [-0.4, -0.2) is 47.2 Å². The molecule has 1 atom stereocenters. The van der Waals surface area contributed by atoms with Crippen molar-refractivity contribution >= 4 is 23.6 Å². The molecule has 0 spiro atoms. The topological polar surface area (TPSA) is 122 Å². The van der Waals surface area contributed by atoms with E-state index in [1.54, 1.807) is 12.1 Å². The molecular formula is C21H26N4O4. The molecule has 2 heterocycles. The van der Waals surface area contributed by atoms with E-state index in [2.05, 4.69) is 10.6 Å². The molecule has 4 amide bonds. The fourth-order valence-corrected chi connectivity index (χ4v) is 4.54. The average Bonchev–Trinajstić information content (AvgIpc) is 2.95. The van der Waals surface area contributed by atoms with Crippen molar-refractivity contribution in [2.24, 2.45) is 11.7 Å². The molecule has 2 fully saturated rings. The van der Waals surface area contributed by atoms with Crippen LogP contribution < -0.4 is 16.4 Å². The van der Waals surface area contributed by atoms with Gasteiger partial charge in [-0.3, -0.25) is 29.4 Å². The standard InChI is InChI=1S/C21H26N4O4/c22-14-6-4-12(5-7-14)10-23-11-13-2-1-3-15-18(13)21(29)25(20(15)28)16-8-9-17(26)24-19(16)27/h1-3,12,14,16,23H,4-11,22H2,(H,24,26,27). The van der Waals surface area contributed by atoms with Gasteiger partial charge in [-0.2, -0.15) is 0 Å². The first-order valence-electron chi connectivity index (χ1n) is 10.3.